The molecule has 0 N–H and O–H groups in total. The van der Waals surface area contributed by atoms with Crippen molar-refractivity contribution in [3.63, 3.8) is 0 Å². The standard InChI is InChI=1S/C112H70N8/c1-6-25-71(26-7-1)98-70-99(114-112(113-98)120-110-68-78(74-51-59-106-96(64-74)88-39-18-22-43-102(88)117(106)83-32-12-4-13-33-83)47-55-92(110)93-56-48-79(69-111(93)120)75-52-60-107-97(65-75)89-40-19-23-44-103(89)118(107)84-34-14-5-15-35-84)80-27-24-36-85(61-80)119-108-66-76(72-49-57-104-94(62-72)86-37-16-20-41-100(86)115(104)81-28-8-2-9-29-81)45-53-90(108)91-54-46-77(67-109(91)119)73-50-58-105-95(63-73)87-38-17-21-42-101(87)116(105)82-30-10-3-11-31-82/h1-70H. The largest absolute Gasteiger partial charge is 0.309 e. The maximum atomic E-state index is 5.91. The lowest BCUT2D eigenvalue weighted by Gasteiger charge is -2.14. The van der Waals surface area contributed by atoms with Gasteiger partial charge in [-0.3, -0.25) is 4.57 Å². The van der Waals surface area contributed by atoms with Crippen molar-refractivity contribution in [2.24, 2.45) is 0 Å². The summed E-state index contributed by atoms with van der Waals surface area (Å²) in [6, 6.07) is 156. The summed E-state index contributed by atoms with van der Waals surface area (Å²) in [5.74, 6) is 0.563. The van der Waals surface area contributed by atoms with Gasteiger partial charge in [-0.1, -0.05) is 261 Å². The second kappa shape index (κ2) is 26.7. The molecule has 558 valence electrons. The summed E-state index contributed by atoms with van der Waals surface area (Å²) in [7, 11) is 0. The Labute approximate surface area is 689 Å². The van der Waals surface area contributed by atoms with Crippen molar-refractivity contribution in [2.45, 2.75) is 0 Å². The van der Waals surface area contributed by atoms with E-state index in [4.69, 9.17) is 9.97 Å². The number of rotatable bonds is 12. The van der Waals surface area contributed by atoms with Crippen molar-refractivity contribution < 1.29 is 0 Å². The van der Waals surface area contributed by atoms with Gasteiger partial charge in [-0.2, -0.15) is 0 Å². The minimum atomic E-state index is 0.563. The molecule has 25 aromatic rings. The summed E-state index contributed by atoms with van der Waals surface area (Å²) >= 11 is 0. The lowest BCUT2D eigenvalue weighted by atomic mass is 10.00. The van der Waals surface area contributed by atoms with Crippen molar-refractivity contribution in [1.29, 1.82) is 0 Å². The molecule has 8 heteroatoms. The molecule has 25 rings (SSSR count). The molecule has 0 bridgehead atoms. The second-order valence-electron chi connectivity index (χ2n) is 31.6. The summed E-state index contributed by atoms with van der Waals surface area (Å²) in [4.78, 5) is 11.7. The fourth-order valence-corrected chi connectivity index (χ4v) is 19.5. The highest BCUT2D eigenvalue weighted by atomic mass is 15.2. The summed E-state index contributed by atoms with van der Waals surface area (Å²) in [6.07, 6.45) is 0. The number of hydrogen-bond acceptors (Lipinski definition) is 2. The zero-order chi connectivity index (χ0) is 78.6. The van der Waals surface area contributed by atoms with E-state index in [0.29, 0.717) is 5.95 Å². The quantitative estimate of drug-likeness (QED) is 0.122. The Kier molecular flexibility index (Phi) is 15.0. The molecule has 0 aliphatic heterocycles. The highest BCUT2D eigenvalue weighted by Crippen LogP contribution is 2.46. The van der Waals surface area contributed by atoms with Crippen LogP contribution in [0.25, 0.3) is 232 Å². The van der Waals surface area contributed by atoms with Crippen molar-refractivity contribution in [3.8, 4) is 101 Å². The van der Waals surface area contributed by atoms with E-state index in [9.17, 15) is 0 Å². The van der Waals surface area contributed by atoms with Crippen LogP contribution in [0.4, 0.5) is 0 Å². The van der Waals surface area contributed by atoms with Crippen LogP contribution in [-0.2, 0) is 0 Å². The van der Waals surface area contributed by atoms with E-state index in [0.717, 1.165) is 150 Å². The first-order valence-electron chi connectivity index (χ1n) is 41.1. The number of aromatic nitrogens is 8. The van der Waals surface area contributed by atoms with Crippen molar-refractivity contribution in [2.75, 3.05) is 0 Å². The summed E-state index contributed by atoms with van der Waals surface area (Å²) in [5.41, 5.74) is 31.5. The van der Waals surface area contributed by atoms with Gasteiger partial charge in [0.05, 0.1) is 77.6 Å². The molecular weight excluding hydrogens is 1460 g/mol. The van der Waals surface area contributed by atoms with Crippen LogP contribution >= 0.6 is 0 Å². The molecule has 0 fully saturated rings. The first-order valence-corrected chi connectivity index (χ1v) is 41.1. The van der Waals surface area contributed by atoms with Gasteiger partial charge in [0.1, 0.15) is 0 Å². The summed E-state index contributed by atoms with van der Waals surface area (Å²) < 4.78 is 14.4. The highest BCUT2D eigenvalue weighted by Gasteiger charge is 2.25. The number of benzene rings is 18. The molecule has 0 saturated carbocycles. The second-order valence-corrected chi connectivity index (χ2v) is 31.6. The van der Waals surface area contributed by atoms with Gasteiger partial charge >= 0.3 is 0 Å². The molecule has 0 aliphatic carbocycles. The fourth-order valence-electron chi connectivity index (χ4n) is 19.5. The first kappa shape index (κ1) is 67.2. The van der Waals surface area contributed by atoms with Crippen LogP contribution in [-0.4, -0.2) is 37.4 Å². The third-order valence-electron chi connectivity index (χ3n) is 25.0. The monoisotopic (exact) mass is 1530 g/mol. The third-order valence-corrected chi connectivity index (χ3v) is 25.0. The van der Waals surface area contributed by atoms with Crippen molar-refractivity contribution in [1.82, 2.24) is 37.4 Å². The SMILES string of the molecule is c1ccc(-c2cc(-c3cccc(-n4c5cc(-c6ccc7c(c6)c6ccccc6n7-c6ccccc6)ccc5c5ccc(-c6ccc7c(c6)c6ccccc6n7-c6ccccc6)cc54)c3)nc(-n3c4cc(-c5ccc6c(c5)c5ccccc5n6-c5ccccc5)ccc4c4ccc(-c5ccc6c(c5)c5ccccc5n6-c5ccccc5)cc43)n2)cc1. The van der Waals surface area contributed by atoms with Gasteiger partial charge < -0.3 is 22.8 Å². The maximum Gasteiger partial charge on any atom is 0.235 e. The van der Waals surface area contributed by atoms with Gasteiger partial charge in [0.15, 0.2) is 0 Å². The Balaban J connectivity index is 0.696. The van der Waals surface area contributed by atoms with Crippen LogP contribution in [0.5, 0.6) is 0 Å². The Morgan fingerprint density at radius 3 is 0.692 bits per heavy atom. The van der Waals surface area contributed by atoms with Crippen LogP contribution in [0.1, 0.15) is 0 Å². The average Bonchev–Trinajstić information content (AvgIpc) is 1.59. The van der Waals surface area contributed by atoms with Gasteiger partial charge in [-0.25, -0.2) is 9.97 Å². The zero-order valence-electron chi connectivity index (χ0n) is 65.0. The molecule has 0 unspecified atom stereocenters. The van der Waals surface area contributed by atoms with Gasteiger partial charge in [0.2, 0.25) is 5.95 Å². The van der Waals surface area contributed by atoms with Gasteiger partial charge in [0, 0.05) is 104 Å². The molecule has 0 amide bonds. The molecule has 0 atom stereocenters. The van der Waals surface area contributed by atoms with E-state index < -0.39 is 0 Å². The number of para-hydroxylation sites is 8. The van der Waals surface area contributed by atoms with E-state index in [-0.39, 0.29) is 0 Å². The molecule has 120 heavy (non-hydrogen) atoms. The van der Waals surface area contributed by atoms with E-state index in [1.54, 1.807) is 0 Å². The Hall–Kier alpha value is -16.2. The molecule has 0 aliphatic rings. The zero-order valence-corrected chi connectivity index (χ0v) is 65.0. The Morgan fingerprint density at radius 1 is 0.125 bits per heavy atom. The van der Waals surface area contributed by atoms with E-state index in [2.05, 4.69) is 452 Å². The third kappa shape index (κ3) is 10.5. The van der Waals surface area contributed by atoms with Gasteiger partial charge in [-0.15, -0.1) is 0 Å². The summed E-state index contributed by atoms with van der Waals surface area (Å²) in [5, 5.41) is 14.2. The Morgan fingerprint density at radius 2 is 0.358 bits per heavy atom. The smallest absolute Gasteiger partial charge is 0.235 e. The van der Waals surface area contributed by atoms with Crippen molar-refractivity contribution in [3.05, 3.63) is 425 Å². The predicted octanol–water partition coefficient (Wildman–Crippen LogP) is 29.1. The first-order chi connectivity index (χ1) is 59.5. The molecule has 7 heterocycles. The normalized spacial score (nSPS) is 12.0. The fraction of sp³-hybridized carbons (Fsp3) is 0. The van der Waals surface area contributed by atoms with Gasteiger partial charge in [0.25, 0.3) is 0 Å². The number of fused-ring (bicyclic) bond motifs is 18. The van der Waals surface area contributed by atoms with E-state index >= 15 is 0 Å². The maximum absolute atomic E-state index is 5.91. The average molecular weight is 1530 g/mol. The van der Waals surface area contributed by atoms with Crippen LogP contribution in [0.2, 0.25) is 0 Å². The topological polar surface area (TPSA) is 55.4 Å². The van der Waals surface area contributed by atoms with Gasteiger partial charge in [-0.05, 0) is 208 Å². The minimum Gasteiger partial charge on any atom is -0.309 e. The van der Waals surface area contributed by atoms with Crippen LogP contribution in [0.15, 0.2) is 425 Å². The van der Waals surface area contributed by atoms with Crippen LogP contribution in [0, 0.1) is 0 Å². The number of hydrogen-bond donors (Lipinski definition) is 0. The molecule has 7 aromatic heterocycles. The molecule has 18 aromatic carbocycles. The summed E-state index contributed by atoms with van der Waals surface area (Å²) in [6.45, 7) is 0. The lowest BCUT2D eigenvalue weighted by molar-refractivity contribution is 0.995. The molecular formula is C112H70N8. The lowest BCUT2D eigenvalue weighted by Crippen LogP contribution is -2.04. The van der Waals surface area contributed by atoms with Crippen LogP contribution in [0.3, 0.4) is 0 Å². The Bertz CT molecular complexity index is 8080. The van der Waals surface area contributed by atoms with E-state index in [1.807, 2.05) is 0 Å². The molecule has 8 nitrogen and oxygen atoms in total. The molecule has 0 saturated heterocycles. The van der Waals surface area contributed by atoms with E-state index in [1.165, 1.54) is 76.2 Å². The minimum absolute atomic E-state index is 0.563. The number of nitrogens with zero attached hydrogens (tertiary/aromatic N) is 8. The van der Waals surface area contributed by atoms with Crippen molar-refractivity contribution >= 4 is 131 Å². The molecule has 0 spiro atoms. The highest BCUT2D eigenvalue weighted by molar-refractivity contribution is 6.17. The predicted molar refractivity (Wildman–Crippen MR) is 501 cm³/mol. The molecule has 0 radical (unpaired) electrons. The van der Waals surface area contributed by atoms with Crippen LogP contribution < -0.4 is 0 Å².